The Morgan fingerprint density at radius 3 is 0.309 bits per heavy atom. The van der Waals surface area contributed by atoms with Crippen molar-refractivity contribution < 1.29 is 42.1 Å². The fourth-order valence-electron chi connectivity index (χ4n) is 11.8. The van der Waals surface area contributed by atoms with Gasteiger partial charge in [-0.2, -0.15) is 0 Å². The lowest BCUT2D eigenvalue weighted by atomic mass is 9.84. The zero-order valence-electron chi connectivity index (χ0n) is 33.1. The summed E-state index contributed by atoms with van der Waals surface area (Å²) in [6.07, 6.45) is 14.6. The van der Waals surface area contributed by atoms with Crippen LogP contribution in [0.4, 0.5) is 0 Å². The van der Waals surface area contributed by atoms with E-state index in [0.717, 1.165) is 128 Å². The highest BCUT2D eigenvalue weighted by molar-refractivity contribution is 7.92. The first-order valence-electron chi connectivity index (χ1n) is 21.8. The molecule has 0 amide bonds. The van der Waals surface area contributed by atoms with Crippen molar-refractivity contribution in [2.24, 2.45) is 59.2 Å². The third kappa shape index (κ3) is 14.5. The molecule has 5 saturated carbocycles. The molecule has 6 heterocycles. The highest BCUT2D eigenvalue weighted by Gasteiger charge is 2.36. The van der Waals surface area contributed by atoms with Crippen LogP contribution >= 0.6 is 0 Å². The molecule has 5 aliphatic carbocycles. The maximum absolute atomic E-state index is 13.3. The monoisotopic (exact) mass is 870 g/mol. The van der Waals surface area contributed by atoms with Crippen LogP contribution in [-0.2, 0) is 49.2 Å². The number of rotatable bonds is 0. The molecular weight excluding hydrogens is 801 g/mol. The van der Waals surface area contributed by atoms with E-state index in [4.69, 9.17) is 0 Å². The summed E-state index contributed by atoms with van der Waals surface area (Å²) >= 11 is 0. The molecule has 0 aromatic rings. The topological polar surface area (TPSA) is 171 Å². The Bertz CT molecular complexity index is 1390. The fraction of sp³-hybridized carbons (Fsp3) is 1.00. The van der Waals surface area contributed by atoms with Crippen LogP contribution in [-0.4, -0.2) is 99.6 Å². The van der Waals surface area contributed by atoms with Crippen molar-refractivity contribution in [2.75, 3.05) is 57.5 Å². The van der Waals surface area contributed by atoms with Gasteiger partial charge in [0, 0.05) is 0 Å². The van der Waals surface area contributed by atoms with Gasteiger partial charge in [0.1, 0.15) is 0 Å². The van der Waals surface area contributed by atoms with Crippen LogP contribution in [0.1, 0.15) is 128 Å². The van der Waals surface area contributed by atoms with Crippen molar-refractivity contribution >= 4 is 49.2 Å². The largest absolute Gasteiger partial charge is 0.229 e. The van der Waals surface area contributed by atoms with Crippen molar-refractivity contribution in [1.82, 2.24) is 0 Å². The molecule has 6 saturated heterocycles. The first-order chi connectivity index (χ1) is 25.8. The molecule has 0 N–H and O–H groups in total. The van der Waals surface area contributed by atoms with E-state index in [1.54, 1.807) is 0 Å². The lowest BCUT2D eigenvalue weighted by Gasteiger charge is -2.32. The van der Waals surface area contributed by atoms with Crippen LogP contribution in [0.3, 0.4) is 0 Å². The Balaban J connectivity index is 1.05. The van der Waals surface area contributed by atoms with Crippen molar-refractivity contribution in [3.63, 3.8) is 0 Å². The molecule has 11 fully saturated rings. The quantitative estimate of drug-likeness (QED) is 0.277. The summed E-state index contributed by atoms with van der Waals surface area (Å²) < 4.78 is 133. The minimum Gasteiger partial charge on any atom is -0.229 e. The fourth-order valence-corrected chi connectivity index (χ4v) is 23.0. The van der Waals surface area contributed by atoms with Gasteiger partial charge in [-0.25, -0.2) is 42.1 Å². The molecule has 55 heavy (non-hydrogen) atoms. The molecule has 10 nitrogen and oxygen atoms in total. The normalized spacial score (nSPS) is 41.8. The molecule has 11 rings (SSSR count). The maximum Gasteiger partial charge on any atom is 0.150 e. The number of hydrogen-bond acceptors (Lipinski definition) is 10. The Hall–Kier alpha value is -0.250. The van der Waals surface area contributed by atoms with Gasteiger partial charge in [-0.1, -0.05) is 0 Å². The molecule has 11 aliphatic rings. The Kier molecular flexibility index (Phi) is 15.0. The average Bonchev–Trinajstić information content (AvgIpc) is 3.07. The van der Waals surface area contributed by atoms with Crippen LogP contribution < -0.4 is 0 Å². The van der Waals surface area contributed by atoms with Gasteiger partial charge < -0.3 is 0 Å². The molecule has 0 radical (unpaired) electrons. The summed E-state index contributed by atoms with van der Waals surface area (Å²) in [4.78, 5) is 0. The van der Waals surface area contributed by atoms with Crippen molar-refractivity contribution in [3.05, 3.63) is 0 Å². The first-order valence-corrected chi connectivity index (χ1v) is 30.9. The Labute approximate surface area is 334 Å². The van der Waals surface area contributed by atoms with Gasteiger partial charge >= 0.3 is 0 Å². The molecular formula is C40H70O10S5. The summed E-state index contributed by atoms with van der Waals surface area (Å²) in [6, 6.07) is 0. The van der Waals surface area contributed by atoms with Gasteiger partial charge in [0.15, 0.2) is 49.2 Å². The molecule has 0 spiro atoms. The van der Waals surface area contributed by atoms with Crippen LogP contribution in [0.5, 0.6) is 0 Å². The molecule has 10 bridgehead atoms. The van der Waals surface area contributed by atoms with Gasteiger partial charge in [-0.05, 0) is 188 Å². The lowest BCUT2D eigenvalue weighted by molar-refractivity contribution is 0.297. The summed E-state index contributed by atoms with van der Waals surface area (Å²) in [7, 11) is -16.4. The van der Waals surface area contributed by atoms with Crippen molar-refractivity contribution in [3.8, 4) is 0 Å². The van der Waals surface area contributed by atoms with Crippen LogP contribution in [0, 0.1) is 59.2 Å². The van der Waals surface area contributed by atoms with Gasteiger partial charge in [-0.3, -0.25) is 0 Å². The highest BCUT2D eigenvalue weighted by Crippen LogP contribution is 2.38. The average molecular weight is 871 g/mol. The highest BCUT2D eigenvalue weighted by atomic mass is 32.2. The molecule has 0 atom stereocenters. The molecule has 0 aromatic carbocycles. The summed E-state index contributed by atoms with van der Waals surface area (Å²) in [6.45, 7) is 0. The van der Waals surface area contributed by atoms with Gasteiger partial charge in [0.2, 0.25) is 0 Å². The predicted octanol–water partition coefficient (Wildman–Crippen LogP) is 6.11. The zero-order chi connectivity index (χ0) is 39.5. The smallest absolute Gasteiger partial charge is 0.150 e. The van der Waals surface area contributed by atoms with E-state index in [9.17, 15) is 42.1 Å². The van der Waals surface area contributed by atoms with E-state index < -0.39 is 49.2 Å². The molecule has 6 aliphatic heterocycles. The standard InChI is InChI=1S/C40H70O10S5/c41-51(42)21-31-1-2-32(4-3-31)22-52(43,44)24-34-9-11-36(12-10-34)26-54(47,48)28-38-17-19-40(20-18-38)30-55(49,50)29-39-15-13-37(14-16-39)27-53(45,46)25-35-7-5-33(23-51)6-8-35/h31-40H,1-30H2/t31-,32+,33-,34-,35+,36+,37-,38-,39+,40+. The number of hydrogen-bond donors (Lipinski definition) is 0. The summed E-state index contributed by atoms with van der Waals surface area (Å²) in [5.74, 6) is 2.02. The van der Waals surface area contributed by atoms with Gasteiger partial charge in [0.25, 0.3) is 0 Å². The number of fused-ring (bicyclic) bond motifs is 5. The van der Waals surface area contributed by atoms with Crippen molar-refractivity contribution in [1.29, 1.82) is 0 Å². The van der Waals surface area contributed by atoms with E-state index in [0.29, 0.717) is 0 Å². The predicted molar refractivity (Wildman–Crippen MR) is 221 cm³/mol. The molecule has 15 heteroatoms. The minimum atomic E-state index is -3.27. The van der Waals surface area contributed by atoms with E-state index in [-0.39, 0.29) is 117 Å². The third-order valence-electron chi connectivity index (χ3n) is 14.7. The lowest BCUT2D eigenvalue weighted by Crippen LogP contribution is -2.32. The second kappa shape index (κ2) is 18.6. The van der Waals surface area contributed by atoms with Crippen LogP contribution in [0.15, 0.2) is 0 Å². The Morgan fingerprint density at radius 2 is 0.236 bits per heavy atom. The van der Waals surface area contributed by atoms with E-state index in [1.165, 1.54) is 0 Å². The molecule has 0 unspecified atom stereocenters. The second-order valence-corrected chi connectivity index (χ2v) is 30.6. The van der Waals surface area contributed by atoms with E-state index in [2.05, 4.69) is 0 Å². The second-order valence-electron chi connectivity index (χ2n) is 19.8. The minimum absolute atomic E-state index is 0.0544. The van der Waals surface area contributed by atoms with Crippen LogP contribution in [0.2, 0.25) is 0 Å². The Morgan fingerprint density at radius 1 is 0.164 bits per heavy atom. The van der Waals surface area contributed by atoms with Crippen LogP contribution in [0.25, 0.3) is 0 Å². The first kappa shape index (κ1) is 44.3. The van der Waals surface area contributed by atoms with E-state index in [1.807, 2.05) is 0 Å². The maximum atomic E-state index is 13.3. The van der Waals surface area contributed by atoms with Gasteiger partial charge in [0.05, 0.1) is 57.5 Å². The third-order valence-corrected chi connectivity index (χ3v) is 24.5. The van der Waals surface area contributed by atoms with Crippen molar-refractivity contribution in [2.45, 2.75) is 128 Å². The SMILES string of the molecule is O=S1(=O)C[C@H]2CC[C@H](CC2)CS(=O)(=O)C[C@H]2CC[C@H](CC2)CS(=O)(=O)C[C@H]2CC[C@H](CC2)CS(=O)(=O)C[C@H]2CC[C@H](CC2)CS(=O)(=O)C[C@H]2CC[C@H](CC2)C1. The van der Waals surface area contributed by atoms with Gasteiger partial charge in [-0.15, -0.1) is 0 Å². The van der Waals surface area contributed by atoms with E-state index >= 15 is 0 Å². The zero-order valence-corrected chi connectivity index (χ0v) is 37.2. The molecule has 320 valence electrons. The summed E-state index contributed by atoms with van der Waals surface area (Å²) in [5, 5.41) is 0. The molecule has 0 aromatic heterocycles. The summed E-state index contributed by atoms with van der Waals surface area (Å²) in [5.41, 5.74) is 0. The number of sulfone groups is 5.